The van der Waals surface area contributed by atoms with E-state index in [1.165, 1.54) is 6.07 Å². The maximum absolute atomic E-state index is 14.6. The minimum absolute atomic E-state index is 0.250. The Bertz CT molecular complexity index is 875. The number of nitrogens with zero attached hydrogens (tertiary/aromatic N) is 4. The number of halogens is 1. The summed E-state index contributed by atoms with van der Waals surface area (Å²) in [6, 6.07) is 16.1. The Morgan fingerprint density at radius 1 is 0.963 bits per heavy atom. The molecule has 1 saturated heterocycles. The third-order valence-corrected chi connectivity index (χ3v) is 5.11. The van der Waals surface area contributed by atoms with E-state index in [-0.39, 0.29) is 11.9 Å². The van der Waals surface area contributed by atoms with Gasteiger partial charge in [-0.2, -0.15) is 0 Å². The van der Waals surface area contributed by atoms with E-state index in [0.29, 0.717) is 17.3 Å². The smallest absolute Gasteiger partial charge is 0.247 e. The highest BCUT2D eigenvalue weighted by Crippen LogP contribution is 2.32. The molecule has 1 aromatic heterocycles. The second-order valence-corrected chi connectivity index (χ2v) is 6.71. The molecule has 5 nitrogen and oxygen atoms in total. The molecule has 0 aliphatic carbocycles. The Morgan fingerprint density at radius 3 is 2.37 bits per heavy atom. The number of likely N-dealkylation sites (N-methyl/N-ethyl adjacent to an activating group) is 1. The zero-order valence-electron chi connectivity index (χ0n) is 15.4. The lowest BCUT2D eigenvalue weighted by Crippen LogP contribution is -2.47. The van der Waals surface area contributed by atoms with Crippen LogP contribution in [0.1, 0.15) is 24.4 Å². The van der Waals surface area contributed by atoms with Gasteiger partial charge in [-0.1, -0.05) is 43.3 Å². The van der Waals surface area contributed by atoms with Crippen LogP contribution in [-0.4, -0.2) is 52.7 Å². The Labute approximate surface area is 158 Å². The summed E-state index contributed by atoms with van der Waals surface area (Å²) >= 11 is 0. The number of benzene rings is 2. The van der Waals surface area contributed by atoms with Crippen molar-refractivity contribution in [1.29, 1.82) is 0 Å². The lowest BCUT2D eigenvalue weighted by Gasteiger charge is -2.37. The van der Waals surface area contributed by atoms with Crippen LogP contribution >= 0.6 is 0 Å². The van der Waals surface area contributed by atoms with Gasteiger partial charge in [0.15, 0.2) is 0 Å². The van der Waals surface area contributed by atoms with Crippen molar-refractivity contribution in [2.45, 2.75) is 13.0 Å². The molecule has 0 amide bonds. The summed E-state index contributed by atoms with van der Waals surface area (Å²) in [5, 5.41) is 8.50. The highest BCUT2D eigenvalue weighted by Gasteiger charge is 2.32. The van der Waals surface area contributed by atoms with Crippen molar-refractivity contribution < 1.29 is 8.81 Å². The van der Waals surface area contributed by atoms with Crippen LogP contribution in [-0.2, 0) is 0 Å². The summed E-state index contributed by atoms with van der Waals surface area (Å²) in [4.78, 5) is 4.62. The third kappa shape index (κ3) is 3.77. The zero-order valence-corrected chi connectivity index (χ0v) is 15.4. The maximum Gasteiger partial charge on any atom is 0.247 e. The van der Waals surface area contributed by atoms with Gasteiger partial charge in [0.05, 0.1) is 0 Å². The number of aromatic nitrogens is 2. The first kappa shape index (κ1) is 17.8. The van der Waals surface area contributed by atoms with Gasteiger partial charge < -0.3 is 9.32 Å². The quantitative estimate of drug-likeness (QED) is 0.690. The normalized spacial score (nSPS) is 17.1. The van der Waals surface area contributed by atoms with E-state index in [4.69, 9.17) is 4.42 Å². The molecule has 0 N–H and O–H groups in total. The first-order valence-corrected chi connectivity index (χ1v) is 9.36. The second-order valence-electron chi connectivity index (χ2n) is 6.71. The van der Waals surface area contributed by atoms with Crippen LogP contribution in [0.2, 0.25) is 0 Å². The fraction of sp³-hybridized carbons (Fsp3) is 0.333. The number of hydrogen-bond donors (Lipinski definition) is 0. The fourth-order valence-electron chi connectivity index (χ4n) is 3.56. The summed E-state index contributed by atoms with van der Waals surface area (Å²) in [5.41, 5.74) is 1.44. The molecule has 1 fully saturated rings. The average molecular weight is 366 g/mol. The molecule has 0 saturated carbocycles. The highest BCUT2D eigenvalue weighted by molar-refractivity contribution is 5.51. The van der Waals surface area contributed by atoms with Crippen LogP contribution in [0.3, 0.4) is 0 Å². The Balaban J connectivity index is 1.69. The average Bonchev–Trinajstić information content (AvgIpc) is 3.21. The Morgan fingerprint density at radius 2 is 1.67 bits per heavy atom. The van der Waals surface area contributed by atoms with Crippen molar-refractivity contribution in [2.24, 2.45) is 0 Å². The zero-order chi connectivity index (χ0) is 18.6. The molecular weight excluding hydrogens is 343 g/mol. The minimum atomic E-state index is -0.379. The molecule has 6 heteroatoms. The van der Waals surface area contributed by atoms with Crippen molar-refractivity contribution in [1.82, 2.24) is 20.0 Å². The van der Waals surface area contributed by atoms with Crippen molar-refractivity contribution in [3.63, 3.8) is 0 Å². The van der Waals surface area contributed by atoms with Gasteiger partial charge in [-0.25, -0.2) is 4.39 Å². The van der Waals surface area contributed by atoms with Crippen LogP contribution in [0, 0.1) is 5.82 Å². The largest absolute Gasteiger partial charge is 0.419 e. The molecule has 4 rings (SSSR count). The molecule has 0 unspecified atom stereocenters. The predicted molar refractivity (Wildman–Crippen MR) is 102 cm³/mol. The molecule has 2 heterocycles. The molecule has 1 aliphatic rings. The molecule has 140 valence electrons. The fourth-order valence-corrected chi connectivity index (χ4v) is 3.56. The van der Waals surface area contributed by atoms with E-state index >= 15 is 0 Å². The van der Waals surface area contributed by atoms with Gasteiger partial charge in [-0.3, -0.25) is 4.90 Å². The Hall–Kier alpha value is -2.57. The first-order valence-electron chi connectivity index (χ1n) is 9.36. The van der Waals surface area contributed by atoms with Gasteiger partial charge in [-0.05, 0) is 24.7 Å². The van der Waals surface area contributed by atoms with Gasteiger partial charge in [0.1, 0.15) is 11.9 Å². The van der Waals surface area contributed by atoms with Crippen molar-refractivity contribution in [3.8, 4) is 11.5 Å². The molecule has 2 aromatic carbocycles. The van der Waals surface area contributed by atoms with Gasteiger partial charge in [0.2, 0.25) is 11.8 Å². The first-order chi connectivity index (χ1) is 13.3. The van der Waals surface area contributed by atoms with Gasteiger partial charge in [0, 0.05) is 37.3 Å². The molecule has 3 aromatic rings. The number of hydrogen-bond acceptors (Lipinski definition) is 5. The molecular formula is C21H23FN4O. The minimum Gasteiger partial charge on any atom is -0.419 e. The van der Waals surface area contributed by atoms with Crippen LogP contribution in [0.4, 0.5) is 4.39 Å². The summed E-state index contributed by atoms with van der Waals surface area (Å²) < 4.78 is 20.6. The van der Waals surface area contributed by atoms with Crippen LogP contribution in [0.25, 0.3) is 11.5 Å². The van der Waals surface area contributed by atoms with Gasteiger partial charge in [0.25, 0.3) is 0 Å². The van der Waals surface area contributed by atoms with E-state index in [0.717, 1.165) is 38.3 Å². The summed E-state index contributed by atoms with van der Waals surface area (Å²) in [5.74, 6) is 0.642. The standard InChI is InChI=1S/C21H23FN4O/c1-2-25-12-14-26(15-13-25)19(17-10-6-7-11-18(17)22)21-24-23-20(27-21)16-8-4-3-5-9-16/h3-11,19H,2,12-15H2,1H3/t19-/m1/s1. The van der Waals surface area contributed by atoms with Gasteiger partial charge in [-0.15, -0.1) is 10.2 Å². The molecule has 1 atom stereocenters. The summed E-state index contributed by atoms with van der Waals surface area (Å²) in [7, 11) is 0. The molecule has 0 bridgehead atoms. The number of piperazine rings is 1. The van der Waals surface area contributed by atoms with Crippen molar-refractivity contribution in [3.05, 3.63) is 71.9 Å². The van der Waals surface area contributed by atoms with E-state index < -0.39 is 0 Å². The van der Waals surface area contributed by atoms with E-state index in [9.17, 15) is 4.39 Å². The third-order valence-electron chi connectivity index (χ3n) is 5.11. The van der Waals surface area contributed by atoms with Crippen molar-refractivity contribution in [2.75, 3.05) is 32.7 Å². The van der Waals surface area contributed by atoms with Crippen LogP contribution in [0.15, 0.2) is 59.0 Å². The summed E-state index contributed by atoms with van der Waals surface area (Å²) in [6.45, 7) is 6.74. The van der Waals surface area contributed by atoms with Crippen LogP contribution < -0.4 is 0 Å². The second kappa shape index (κ2) is 7.98. The molecule has 1 aliphatic heterocycles. The lowest BCUT2D eigenvalue weighted by atomic mass is 10.0. The topological polar surface area (TPSA) is 45.4 Å². The Kier molecular flexibility index (Phi) is 5.27. The van der Waals surface area contributed by atoms with Gasteiger partial charge >= 0.3 is 0 Å². The van der Waals surface area contributed by atoms with E-state index in [2.05, 4.69) is 26.9 Å². The SMILES string of the molecule is CCN1CCN([C@@H](c2nnc(-c3ccccc3)o2)c2ccccc2F)CC1. The highest BCUT2D eigenvalue weighted by atomic mass is 19.1. The molecule has 0 radical (unpaired) electrons. The van der Waals surface area contributed by atoms with E-state index in [1.54, 1.807) is 12.1 Å². The van der Waals surface area contributed by atoms with Crippen molar-refractivity contribution >= 4 is 0 Å². The monoisotopic (exact) mass is 366 g/mol. The summed E-state index contributed by atoms with van der Waals surface area (Å²) in [6.07, 6.45) is 0. The van der Waals surface area contributed by atoms with E-state index in [1.807, 2.05) is 36.4 Å². The number of rotatable bonds is 5. The lowest BCUT2D eigenvalue weighted by molar-refractivity contribution is 0.101. The van der Waals surface area contributed by atoms with Crippen LogP contribution in [0.5, 0.6) is 0 Å². The molecule has 27 heavy (non-hydrogen) atoms. The predicted octanol–water partition coefficient (Wildman–Crippen LogP) is 3.60. The molecule has 0 spiro atoms. The maximum atomic E-state index is 14.6.